The van der Waals surface area contributed by atoms with Gasteiger partial charge < -0.3 is 30.5 Å². The molecule has 2 saturated heterocycles. The number of halogens is 1. The highest BCUT2D eigenvalue weighted by Crippen LogP contribution is 2.22. The van der Waals surface area contributed by atoms with E-state index in [4.69, 9.17) is 9.47 Å². The highest BCUT2D eigenvalue weighted by molar-refractivity contribution is 5.89. The zero-order chi connectivity index (χ0) is 22.1. The average molecular weight is 439 g/mol. The van der Waals surface area contributed by atoms with Crippen molar-refractivity contribution in [3.05, 3.63) is 30.1 Å². The van der Waals surface area contributed by atoms with Crippen molar-refractivity contribution in [3.8, 4) is 0 Å². The minimum atomic E-state index is -0.526. The quantitative estimate of drug-likeness (QED) is 0.475. The molecule has 1 aromatic rings. The molecule has 3 rings (SSSR count). The van der Waals surface area contributed by atoms with Crippen molar-refractivity contribution >= 4 is 17.6 Å². The van der Waals surface area contributed by atoms with E-state index in [1.165, 1.54) is 24.3 Å². The van der Waals surface area contributed by atoms with Crippen LogP contribution < -0.4 is 16.0 Å². The number of nitrogens with zero attached hydrogens (tertiary/aromatic N) is 1. The number of ether oxygens (including phenoxy) is 2. The molecule has 3 amide bonds. The predicted octanol–water partition coefficient (Wildman–Crippen LogP) is 0.694. The number of nitrogens with one attached hydrogen (secondary N) is 3. The second-order valence-corrected chi connectivity index (χ2v) is 7.80. The third-order valence-corrected chi connectivity index (χ3v) is 5.47. The summed E-state index contributed by atoms with van der Waals surface area (Å²) in [4.78, 5) is 26.3. The molecule has 3 atom stereocenters. The summed E-state index contributed by atoms with van der Waals surface area (Å²) >= 11 is 0. The van der Waals surface area contributed by atoms with Crippen molar-refractivity contribution in [3.63, 3.8) is 0 Å². The molecule has 31 heavy (non-hydrogen) atoms. The predicted molar refractivity (Wildman–Crippen MR) is 112 cm³/mol. The molecule has 0 aromatic heterocycles. The van der Waals surface area contributed by atoms with E-state index in [9.17, 15) is 19.1 Å². The number of aliphatic hydroxyl groups is 1. The minimum absolute atomic E-state index is 0.0200. The molecule has 2 fully saturated rings. The van der Waals surface area contributed by atoms with E-state index in [0.29, 0.717) is 51.3 Å². The second-order valence-electron chi connectivity index (χ2n) is 7.80. The average Bonchev–Trinajstić information content (AvgIpc) is 2.77. The molecule has 4 N–H and O–H groups in total. The van der Waals surface area contributed by atoms with E-state index < -0.39 is 12.1 Å². The summed E-state index contributed by atoms with van der Waals surface area (Å²) in [7, 11) is 0. The van der Waals surface area contributed by atoms with Crippen LogP contribution in [0, 0.1) is 5.82 Å². The van der Waals surface area contributed by atoms with Crippen LogP contribution in [0.3, 0.4) is 0 Å². The van der Waals surface area contributed by atoms with Crippen LogP contribution in [-0.2, 0) is 14.3 Å². The fraction of sp³-hybridized carbons (Fsp3) is 0.619. The third kappa shape index (κ3) is 7.73. The highest BCUT2D eigenvalue weighted by atomic mass is 19.1. The van der Waals surface area contributed by atoms with E-state index in [0.717, 1.165) is 13.1 Å². The molecule has 0 saturated carbocycles. The summed E-state index contributed by atoms with van der Waals surface area (Å²) in [6, 6.07) is 4.70. The first kappa shape index (κ1) is 23.4. The SMILES string of the molecule is O=C(CN1CCOCC1)NCC[C@H]1CC[C@H](NC(=O)Nc2ccc(F)cc2)[C@@H](CO)O1. The number of carbonyl (C=O) groups excluding carboxylic acids is 2. The summed E-state index contributed by atoms with van der Waals surface area (Å²) in [6.07, 6.45) is 1.37. The lowest BCUT2D eigenvalue weighted by Crippen LogP contribution is -2.52. The molecule has 0 bridgehead atoms. The maximum absolute atomic E-state index is 13.0. The van der Waals surface area contributed by atoms with Gasteiger partial charge in [-0.15, -0.1) is 0 Å². The van der Waals surface area contributed by atoms with Crippen LogP contribution in [-0.4, -0.2) is 86.2 Å². The Morgan fingerprint density at radius 2 is 1.90 bits per heavy atom. The number of anilines is 1. The Morgan fingerprint density at radius 3 is 2.61 bits per heavy atom. The van der Waals surface area contributed by atoms with Gasteiger partial charge in [0.1, 0.15) is 11.9 Å². The summed E-state index contributed by atoms with van der Waals surface area (Å²) < 4.78 is 24.2. The lowest BCUT2D eigenvalue weighted by atomic mass is 9.97. The van der Waals surface area contributed by atoms with Crippen LogP contribution in [0.25, 0.3) is 0 Å². The number of hydrogen-bond donors (Lipinski definition) is 4. The van der Waals surface area contributed by atoms with E-state index in [1.807, 2.05) is 0 Å². The number of aliphatic hydroxyl groups excluding tert-OH is 1. The van der Waals surface area contributed by atoms with Gasteiger partial charge in [-0.3, -0.25) is 9.69 Å². The fourth-order valence-electron chi connectivity index (χ4n) is 3.77. The molecule has 172 valence electrons. The molecule has 2 aliphatic rings. The Hall–Kier alpha value is -2.27. The first-order chi connectivity index (χ1) is 15.0. The number of urea groups is 1. The van der Waals surface area contributed by atoms with E-state index >= 15 is 0 Å². The minimum Gasteiger partial charge on any atom is -0.394 e. The van der Waals surface area contributed by atoms with Crippen LogP contribution in [0.2, 0.25) is 0 Å². The van der Waals surface area contributed by atoms with E-state index in [-0.39, 0.29) is 30.5 Å². The smallest absolute Gasteiger partial charge is 0.319 e. The largest absolute Gasteiger partial charge is 0.394 e. The van der Waals surface area contributed by atoms with Crippen molar-refractivity contribution in [2.75, 3.05) is 51.3 Å². The van der Waals surface area contributed by atoms with Crippen LogP contribution in [0.5, 0.6) is 0 Å². The summed E-state index contributed by atoms with van der Waals surface area (Å²) in [5.41, 5.74) is 0.474. The van der Waals surface area contributed by atoms with Crippen LogP contribution >= 0.6 is 0 Å². The number of morpholine rings is 1. The van der Waals surface area contributed by atoms with Gasteiger partial charge in [-0.25, -0.2) is 9.18 Å². The molecule has 0 unspecified atom stereocenters. The van der Waals surface area contributed by atoms with Gasteiger partial charge in [-0.2, -0.15) is 0 Å². The molecule has 9 nitrogen and oxygen atoms in total. The van der Waals surface area contributed by atoms with Crippen molar-refractivity contribution in [1.82, 2.24) is 15.5 Å². The normalized spacial score (nSPS) is 24.4. The first-order valence-corrected chi connectivity index (χ1v) is 10.7. The number of benzene rings is 1. The highest BCUT2D eigenvalue weighted by Gasteiger charge is 2.31. The van der Waals surface area contributed by atoms with Gasteiger partial charge in [0, 0.05) is 25.3 Å². The van der Waals surface area contributed by atoms with Crippen molar-refractivity contribution in [1.29, 1.82) is 0 Å². The number of amides is 3. The summed E-state index contributed by atoms with van der Waals surface area (Å²) in [6.45, 7) is 3.48. The zero-order valence-corrected chi connectivity index (χ0v) is 17.5. The monoisotopic (exact) mass is 438 g/mol. The van der Waals surface area contributed by atoms with Gasteiger partial charge >= 0.3 is 6.03 Å². The Kier molecular flexibility index (Phi) is 9.01. The number of rotatable bonds is 8. The van der Waals surface area contributed by atoms with Crippen LogP contribution in [0.15, 0.2) is 24.3 Å². The third-order valence-electron chi connectivity index (χ3n) is 5.47. The maximum Gasteiger partial charge on any atom is 0.319 e. The molecule has 2 aliphatic heterocycles. The van der Waals surface area contributed by atoms with Gasteiger partial charge in [0.2, 0.25) is 5.91 Å². The molecule has 10 heteroatoms. The number of carbonyl (C=O) groups is 2. The Morgan fingerprint density at radius 1 is 1.16 bits per heavy atom. The van der Waals surface area contributed by atoms with Gasteiger partial charge in [-0.05, 0) is 43.5 Å². The molecule has 0 radical (unpaired) electrons. The van der Waals surface area contributed by atoms with Crippen molar-refractivity contribution in [2.24, 2.45) is 0 Å². The van der Waals surface area contributed by atoms with E-state index in [1.54, 1.807) is 0 Å². The van der Waals surface area contributed by atoms with Crippen LogP contribution in [0.1, 0.15) is 19.3 Å². The number of hydrogen-bond acceptors (Lipinski definition) is 6. The van der Waals surface area contributed by atoms with Gasteiger partial charge in [0.15, 0.2) is 0 Å². The first-order valence-electron chi connectivity index (χ1n) is 10.7. The second kappa shape index (κ2) is 11.9. The van der Waals surface area contributed by atoms with Gasteiger partial charge in [-0.1, -0.05) is 0 Å². The van der Waals surface area contributed by atoms with Crippen molar-refractivity contribution in [2.45, 2.75) is 37.5 Å². The summed E-state index contributed by atoms with van der Waals surface area (Å²) in [5, 5.41) is 18.0. The molecular weight excluding hydrogens is 407 g/mol. The standard InChI is InChI=1S/C21H31FN4O5/c22-15-1-3-16(4-2-15)24-21(29)25-18-6-5-17(31-19(18)14-27)7-8-23-20(28)13-26-9-11-30-12-10-26/h1-4,17-19,27H,5-14H2,(H,23,28)(H2,24,25,29)/t17-,18+,19-/m1/s1. The molecule has 0 spiro atoms. The lowest BCUT2D eigenvalue weighted by Gasteiger charge is -2.36. The Balaban J connectivity index is 1.36. The molecule has 0 aliphatic carbocycles. The van der Waals surface area contributed by atoms with E-state index in [2.05, 4.69) is 20.9 Å². The lowest BCUT2D eigenvalue weighted by molar-refractivity contribution is -0.123. The van der Waals surface area contributed by atoms with Gasteiger partial charge in [0.05, 0.1) is 38.5 Å². The molecule has 2 heterocycles. The van der Waals surface area contributed by atoms with Crippen LogP contribution in [0.4, 0.5) is 14.9 Å². The molecular formula is C21H31FN4O5. The summed E-state index contributed by atoms with van der Waals surface area (Å²) in [5.74, 6) is -0.399. The molecule has 1 aromatic carbocycles. The fourth-order valence-corrected chi connectivity index (χ4v) is 3.77. The Labute approximate surface area is 181 Å². The zero-order valence-electron chi connectivity index (χ0n) is 17.5. The Bertz CT molecular complexity index is 714. The van der Waals surface area contributed by atoms with Gasteiger partial charge in [0.25, 0.3) is 0 Å². The topological polar surface area (TPSA) is 112 Å². The van der Waals surface area contributed by atoms with Crippen molar-refractivity contribution < 1.29 is 28.6 Å². The maximum atomic E-state index is 13.0.